The Kier molecular flexibility index (Phi) is 4.06. The maximum absolute atomic E-state index is 13.7. The molecule has 0 aliphatic rings. The second-order valence-electron chi connectivity index (χ2n) is 4.71. The monoisotopic (exact) mass is 317 g/mol. The minimum Gasteiger partial charge on any atom is -0.494 e. The van der Waals surface area contributed by atoms with Gasteiger partial charge < -0.3 is 10.1 Å². The number of methoxy groups -OCH3 is 1. The Morgan fingerprint density at radius 1 is 1.18 bits per heavy atom. The second kappa shape index (κ2) is 6.15. The first-order chi connectivity index (χ1) is 10.7. The third-order valence-electron chi connectivity index (χ3n) is 3.28. The van der Waals surface area contributed by atoms with Crippen LogP contribution in [0.5, 0.6) is 5.75 Å². The molecule has 2 aromatic carbocycles. The summed E-state index contributed by atoms with van der Waals surface area (Å²) in [5.74, 6) is 0.340. The zero-order valence-corrected chi connectivity index (χ0v) is 12.6. The lowest BCUT2D eigenvalue weighted by molar-refractivity contribution is 0.387. The van der Waals surface area contributed by atoms with E-state index >= 15 is 0 Å². The van der Waals surface area contributed by atoms with E-state index in [0.717, 1.165) is 5.56 Å². The fourth-order valence-electron chi connectivity index (χ4n) is 2.14. The summed E-state index contributed by atoms with van der Waals surface area (Å²) >= 11 is 5.86. The smallest absolute Gasteiger partial charge is 0.167 e. The lowest BCUT2D eigenvalue weighted by atomic mass is 10.2. The summed E-state index contributed by atoms with van der Waals surface area (Å²) in [7, 11) is 1.43. The maximum Gasteiger partial charge on any atom is 0.167 e. The Hall–Kier alpha value is -2.40. The second-order valence-corrected chi connectivity index (χ2v) is 5.14. The molecule has 3 rings (SSSR count). The van der Waals surface area contributed by atoms with Crippen LogP contribution in [0.4, 0.5) is 10.2 Å². The largest absolute Gasteiger partial charge is 0.494 e. The van der Waals surface area contributed by atoms with Crippen LogP contribution in [0.2, 0.25) is 5.02 Å². The van der Waals surface area contributed by atoms with Crippen molar-refractivity contribution in [3.63, 3.8) is 0 Å². The molecule has 3 aromatic rings. The molecule has 0 spiro atoms. The third kappa shape index (κ3) is 2.94. The van der Waals surface area contributed by atoms with Crippen LogP contribution in [0, 0.1) is 5.82 Å². The van der Waals surface area contributed by atoms with Gasteiger partial charge in [0.2, 0.25) is 0 Å². The number of fused-ring (bicyclic) bond motifs is 1. The molecule has 0 unspecified atom stereocenters. The van der Waals surface area contributed by atoms with Gasteiger partial charge in [0.1, 0.15) is 12.1 Å². The summed E-state index contributed by atoms with van der Waals surface area (Å²) in [5, 5.41) is 4.62. The van der Waals surface area contributed by atoms with Gasteiger partial charge in [-0.05, 0) is 23.8 Å². The standard InChI is InChI=1S/C16H13ClFN3O/c1-22-15-6-12-14(7-13(15)18)20-9-21-16(12)19-8-10-2-4-11(17)5-3-10/h2-7,9H,8H2,1H3,(H,19,20,21). The molecule has 0 radical (unpaired) electrons. The van der Waals surface area contributed by atoms with Crippen molar-refractivity contribution in [2.75, 3.05) is 12.4 Å². The average molecular weight is 318 g/mol. The normalized spacial score (nSPS) is 10.7. The molecule has 0 bridgehead atoms. The molecule has 6 heteroatoms. The first-order valence-corrected chi connectivity index (χ1v) is 7.02. The lowest BCUT2D eigenvalue weighted by Crippen LogP contribution is -2.03. The van der Waals surface area contributed by atoms with Crippen LogP contribution >= 0.6 is 11.6 Å². The first kappa shape index (κ1) is 14.5. The number of nitrogens with one attached hydrogen (secondary N) is 1. The molecule has 0 aliphatic carbocycles. The third-order valence-corrected chi connectivity index (χ3v) is 3.53. The average Bonchev–Trinajstić information content (AvgIpc) is 2.53. The van der Waals surface area contributed by atoms with Crippen molar-refractivity contribution >= 4 is 28.3 Å². The Balaban J connectivity index is 1.91. The summed E-state index contributed by atoms with van der Waals surface area (Å²) < 4.78 is 18.7. The van der Waals surface area contributed by atoms with Gasteiger partial charge in [-0.2, -0.15) is 0 Å². The number of ether oxygens (including phenoxy) is 1. The van der Waals surface area contributed by atoms with E-state index in [2.05, 4.69) is 15.3 Å². The van der Waals surface area contributed by atoms with Gasteiger partial charge in [0, 0.05) is 23.0 Å². The molecule has 0 saturated heterocycles. The molecular formula is C16H13ClFN3O. The predicted octanol–water partition coefficient (Wildman–Crippen LogP) is 4.04. The highest BCUT2D eigenvalue weighted by molar-refractivity contribution is 6.30. The van der Waals surface area contributed by atoms with Crippen LogP contribution in [-0.2, 0) is 6.54 Å². The molecule has 0 fully saturated rings. The predicted molar refractivity (Wildman–Crippen MR) is 84.8 cm³/mol. The summed E-state index contributed by atoms with van der Waals surface area (Å²) in [4.78, 5) is 8.30. The number of anilines is 1. The van der Waals surface area contributed by atoms with Gasteiger partial charge in [-0.3, -0.25) is 0 Å². The van der Waals surface area contributed by atoms with Crippen LogP contribution < -0.4 is 10.1 Å². The summed E-state index contributed by atoms with van der Waals surface area (Å²) in [6.45, 7) is 0.572. The van der Waals surface area contributed by atoms with Gasteiger partial charge in [-0.15, -0.1) is 0 Å². The van der Waals surface area contributed by atoms with Gasteiger partial charge >= 0.3 is 0 Å². The number of rotatable bonds is 4. The number of hydrogen-bond acceptors (Lipinski definition) is 4. The van der Waals surface area contributed by atoms with E-state index in [0.29, 0.717) is 28.3 Å². The summed E-state index contributed by atoms with van der Waals surface area (Å²) in [6, 6.07) is 10.4. The van der Waals surface area contributed by atoms with Crippen molar-refractivity contribution in [1.29, 1.82) is 0 Å². The van der Waals surface area contributed by atoms with E-state index in [-0.39, 0.29) is 5.75 Å². The van der Waals surface area contributed by atoms with Crippen molar-refractivity contribution in [2.24, 2.45) is 0 Å². The van der Waals surface area contributed by atoms with Gasteiger partial charge in [0.25, 0.3) is 0 Å². The van der Waals surface area contributed by atoms with Crippen LogP contribution in [0.25, 0.3) is 10.9 Å². The number of benzene rings is 2. The fourth-order valence-corrected chi connectivity index (χ4v) is 2.27. The molecule has 0 amide bonds. The molecule has 22 heavy (non-hydrogen) atoms. The highest BCUT2D eigenvalue weighted by Crippen LogP contribution is 2.27. The molecule has 0 aliphatic heterocycles. The summed E-state index contributed by atoms with van der Waals surface area (Å²) in [5.41, 5.74) is 1.58. The zero-order chi connectivity index (χ0) is 15.5. The number of hydrogen-bond donors (Lipinski definition) is 1. The zero-order valence-electron chi connectivity index (χ0n) is 11.8. The molecule has 1 heterocycles. The number of nitrogens with zero attached hydrogens (tertiary/aromatic N) is 2. The molecule has 0 atom stereocenters. The topological polar surface area (TPSA) is 47.0 Å². The quantitative estimate of drug-likeness (QED) is 0.789. The first-order valence-electron chi connectivity index (χ1n) is 6.64. The highest BCUT2D eigenvalue weighted by Gasteiger charge is 2.10. The van der Waals surface area contributed by atoms with Gasteiger partial charge in [0.15, 0.2) is 11.6 Å². The Morgan fingerprint density at radius 2 is 1.95 bits per heavy atom. The van der Waals surface area contributed by atoms with E-state index in [1.165, 1.54) is 19.5 Å². The maximum atomic E-state index is 13.7. The van der Waals surface area contributed by atoms with E-state index in [1.807, 2.05) is 24.3 Å². The van der Waals surface area contributed by atoms with E-state index in [9.17, 15) is 4.39 Å². The highest BCUT2D eigenvalue weighted by atomic mass is 35.5. The number of halogens is 2. The SMILES string of the molecule is COc1cc2c(NCc3ccc(Cl)cc3)ncnc2cc1F. The van der Waals surface area contributed by atoms with Crippen molar-refractivity contribution in [1.82, 2.24) is 9.97 Å². The molecule has 1 N–H and O–H groups in total. The molecule has 4 nitrogen and oxygen atoms in total. The summed E-state index contributed by atoms with van der Waals surface area (Å²) in [6.07, 6.45) is 1.40. The van der Waals surface area contributed by atoms with Crippen molar-refractivity contribution in [3.8, 4) is 5.75 Å². The van der Waals surface area contributed by atoms with E-state index < -0.39 is 5.82 Å². The van der Waals surface area contributed by atoms with Crippen LogP contribution in [-0.4, -0.2) is 17.1 Å². The van der Waals surface area contributed by atoms with Gasteiger partial charge in [-0.25, -0.2) is 14.4 Å². The van der Waals surface area contributed by atoms with E-state index in [1.54, 1.807) is 6.07 Å². The Morgan fingerprint density at radius 3 is 2.68 bits per heavy atom. The minimum atomic E-state index is -0.447. The van der Waals surface area contributed by atoms with Crippen LogP contribution in [0.15, 0.2) is 42.7 Å². The fraction of sp³-hybridized carbons (Fsp3) is 0.125. The minimum absolute atomic E-state index is 0.164. The van der Waals surface area contributed by atoms with Crippen LogP contribution in [0.3, 0.4) is 0 Å². The van der Waals surface area contributed by atoms with Crippen molar-refractivity contribution in [2.45, 2.75) is 6.54 Å². The Bertz CT molecular complexity index is 808. The van der Waals surface area contributed by atoms with E-state index in [4.69, 9.17) is 16.3 Å². The molecule has 1 aromatic heterocycles. The Labute approximate surface area is 131 Å². The number of aromatic nitrogens is 2. The lowest BCUT2D eigenvalue weighted by Gasteiger charge is -2.10. The van der Waals surface area contributed by atoms with Crippen molar-refractivity contribution < 1.29 is 9.13 Å². The molecule has 112 valence electrons. The van der Waals surface area contributed by atoms with Gasteiger partial charge in [-0.1, -0.05) is 23.7 Å². The van der Waals surface area contributed by atoms with Crippen molar-refractivity contribution in [3.05, 3.63) is 59.1 Å². The molecular weight excluding hydrogens is 305 g/mol. The molecule has 0 saturated carbocycles. The van der Waals surface area contributed by atoms with Crippen LogP contribution in [0.1, 0.15) is 5.56 Å². The van der Waals surface area contributed by atoms with Gasteiger partial charge in [0.05, 0.1) is 12.6 Å².